The van der Waals surface area contributed by atoms with Gasteiger partial charge in [0, 0.05) is 17.8 Å². The predicted octanol–water partition coefficient (Wildman–Crippen LogP) is 1.48. The number of benzene rings is 1. The number of halogens is 1. The first kappa shape index (κ1) is 12.3. The molecule has 0 atom stereocenters. The molecule has 0 bridgehead atoms. The minimum atomic E-state index is -0.523. The molecule has 0 radical (unpaired) electrons. The molecule has 0 aliphatic heterocycles. The van der Waals surface area contributed by atoms with Gasteiger partial charge < -0.3 is 11.5 Å². The second-order valence-corrected chi connectivity index (χ2v) is 3.75. The van der Waals surface area contributed by atoms with Gasteiger partial charge in [-0.25, -0.2) is 4.79 Å². The number of nitrogens with zero attached hydrogens (tertiary/aromatic N) is 2. The summed E-state index contributed by atoms with van der Waals surface area (Å²) in [5.74, 6) is -0.261. The van der Waals surface area contributed by atoms with E-state index in [-0.39, 0.29) is 5.96 Å². The number of guanidine groups is 1. The molecule has 1 rings (SSSR count). The maximum absolute atomic E-state index is 11.5. The summed E-state index contributed by atoms with van der Waals surface area (Å²) in [7, 11) is 1.59. The molecule has 1 aromatic rings. The normalized spacial score (nSPS) is 9.69. The van der Waals surface area contributed by atoms with Gasteiger partial charge in [0.05, 0.1) is 0 Å². The number of aryl methyl sites for hydroxylation is 1. The molecule has 0 fully saturated rings. The van der Waals surface area contributed by atoms with E-state index in [0.29, 0.717) is 10.7 Å². The fraction of sp³-hybridized carbons (Fsp3) is 0.200. The summed E-state index contributed by atoms with van der Waals surface area (Å²) in [6.45, 7) is 1.85. The number of nitrogens with two attached hydrogens (primary N) is 2. The molecule has 0 heterocycles. The number of aliphatic imine (C=N–C) groups is 1. The molecule has 0 aliphatic rings. The van der Waals surface area contributed by atoms with Crippen molar-refractivity contribution in [3.05, 3.63) is 28.8 Å². The first-order valence-corrected chi connectivity index (χ1v) is 4.93. The van der Waals surface area contributed by atoms with Crippen LogP contribution in [0.25, 0.3) is 0 Å². The zero-order chi connectivity index (χ0) is 12.3. The van der Waals surface area contributed by atoms with Crippen LogP contribution < -0.4 is 16.4 Å². The van der Waals surface area contributed by atoms with E-state index in [4.69, 9.17) is 23.1 Å². The molecule has 16 heavy (non-hydrogen) atoms. The summed E-state index contributed by atoms with van der Waals surface area (Å²) < 4.78 is 0. The van der Waals surface area contributed by atoms with E-state index in [0.717, 1.165) is 5.56 Å². The Morgan fingerprint density at radius 1 is 1.44 bits per heavy atom. The van der Waals surface area contributed by atoms with Crippen LogP contribution in [0.5, 0.6) is 0 Å². The van der Waals surface area contributed by atoms with E-state index in [1.165, 1.54) is 4.90 Å². The second-order valence-electron chi connectivity index (χ2n) is 3.31. The zero-order valence-corrected chi connectivity index (χ0v) is 9.82. The van der Waals surface area contributed by atoms with Crippen molar-refractivity contribution < 1.29 is 4.79 Å². The largest absolute Gasteiger partial charge is 0.370 e. The third-order valence-electron chi connectivity index (χ3n) is 2.03. The Balaban J connectivity index is 3.01. The topological polar surface area (TPSA) is 84.7 Å². The standard InChI is InChI=1S/C10H13ClN4O/c1-6-5-7(11)3-4-8(6)15(2)10(16)14-9(12)13/h3-5H,1-2H3,(H4,12,13,14,16). The third-order valence-corrected chi connectivity index (χ3v) is 2.27. The number of urea groups is 1. The predicted molar refractivity (Wildman–Crippen MR) is 65.8 cm³/mol. The van der Waals surface area contributed by atoms with Crippen LogP contribution in [0.3, 0.4) is 0 Å². The Kier molecular flexibility index (Phi) is 3.73. The molecule has 1 aromatic carbocycles. The molecular weight excluding hydrogens is 228 g/mol. The van der Waals surface area contributed by atoms with E-state index in [9.17, 15) is 4.79 Å². The Labute approximate surface area is 98.7 Å². The Morgan fingerprint density at radius 2 is 2.06 bits per heavy atom. The molecular formula is C10H13ClN4O. The molecule has 4 N–H and O–H groups in total. The average molecular weight is 241 g/mol. The summed E-state index contributed by atoms with van der Waals surface area (Å²) in [5.41, 5.74) is 11.8. The van der Waals surface area contributed by atoms with Gasteiger partial charge in [0.1, 0.15) is 0 Å². The van der Waals surface area contributed by atoms with Gasteiger partial charge in [-0.15, -0.1) is 0 Å². The van der Waals surface area contributed by atoms with Crippen LogP contribution >= 0.6 is 11.6 Å². The lowest BCUT2D eigenvalue weighted by atomic mass is 10.2. The molecule has 86 valence electrons. The van der Waals surface area contributed by atoms with Crippen molar-refractivity contribution in [1.82, 2.24) is 0 Å². The summed E-state index contributed by atoms with van der Waals surface area (Å²) in [6, 6.07) is 4.67. The van der Waals surface area contributed by atoms with Gasteiger partial charge in [-0.3, -0.25) is 4.90 Å². The number of carbonyl (C=O) groups is 1. The van der Waals surface area contributed by atoms with Gasteiger partial charge >= 0.3 is 6.03 Å². The molecule has 0 saturated carbocycles. The van der Waals surface area contributed by atoms with Crippen LogP contribution in [-0.2, 0) is 0 Å². The summed E-state index contributed by atoms with van der Waals surface area (Å²) >= 11 is 5.81. The van der Waals surface area contributed by atoms with E-state index in [1.54, 1.807) is 25.2 Å². The lowest BCUT2D eigenvalue weighted by Crippen LogP contribution is -2.30. The van der Waals surface area contributed by atoms with Gasteiger partial charge in [-0.05, 0) is 30.7 Å². The lowest BCUT2D eigenvalue weighted by molar-refractivity contribution is 0.255. The number of amides is 2. The fourth-order valence-corrected chi connectivity index (χ4v) is 1.51. The van der Waals surface area contributed by atoms with Crippen LogP contribution in [0.1, 0.15) is 5.56 Å². The molecule has 2 amide bonds. The maximum Gasteiger partial charge on any atom is 0.350 e. The fourth-order valence-electron chi connectivity index (χ4n) is 1.28. The Morgan fingerprint density at radius 3 is 2.56 bits per heavy atom. The minimum Gasteiger partial charge on any atom is -0.370 e. The highest BCUT2D eigenvalue weighted by Crippen LogP contribution is 2.22. The molecule has 0 aliphatic carbocycles. The Bertz CT molecular complexity index is 440. The van der Waals surface area contributed by atoms with Gasteiger partial charge in [0.25, 0.3) is 0 Å². The summed E-state index contributed by atoms with van der Waals surface area (Å²) in [6.07, 6.45) is 0. The minimum absolute atomic E-state index is 0.261. The molecule has 5 nitrogen and oxygen atoms in total. The average Bonchev–Trinajstić information content (AvgIpc) is 2.15. The first-order valence-electron chi connectivity index (χ1n) is 4.55. The lowest BCUT2D eigenvalue weighted by Gasteiger charge is -2.17. The number of hydrogen-bond acceptors (Lipinski definition) is 1. The monoisotopic (exact) mass is 240 g/mol. The van der Waals surface area contributed by atoms with Gasteiger partial charge in [0.2, 0.25) is 0 Å². The molecule has 0 unspecified atom stereocenters. The smallest absolute Gasteiger partial charge is 0.350 e. The van der Waals surface area contributed by atoms with E-state index in [2.05, 4.69) is 4.99 Å². The van der Waals surface area contributed by atoms with Crippen molar-refractivity contribution in [3.63, 3.8) is 0 Å². The van der Waals surface area contributed by atoms with Crippen molar-refractivity contribution in [2.24, 2.45) is 16.5 Å². The maximum atomic E-state index is 11.5. The molecule has 0 spiro atoms. The van der Waals surface area contributed by atoms with Crippen LogP contribution in [0, 0.1) is 6.92 Å². The molecule has 0 saturated heterocycles. The van der Waals surface area contributed by atoms with Gasteiger partial charge in [-0.1, -0.05) is 11.6 Å². The highest BCUT2D eigenvalue weighted by molar-refractivity contribution is 6.30. The number of anilines is 1. The van der Waals surface area contributed by atoms with Crippen LogP contribution in [0.15, 0.2) is 23.2 Å². The molecule has 6 heteroatoms. The number of carbonyl (C=O) groups excluding carboxylic acids is 1. The summed E-state index contributed by atoms with van der Waals surface area (Å²) in [4.78, 5) is 16.3. The molecule has 0 aromatic heterocycles. The van der Waals surface area contributed by atoms with Crippen molar-refractivity contribution in [2.45, 2.75) is 6.92 Å². The second kappa shape index (κ2) is 4.85. The Hall–Kier alpha value is -1.75. The highest BCUT2D eigenvalue weighted by Gasteiger charge is 2.12. The van der Waals surface area contributed by atoms with Gasteiger partial charge in [-0.2, -0.15) is 4.99 Å². The third kappa shape index (κ3) is 2.87. The van der Waals surface area contributed by atoms with Crippen molar-refractivity contribution in [1.29, 1.82) is 0 Å². The van der Waals surface area contributed by atoms with Crippen molar-refractivity contribution in [2.75, 3.05) is 11.9 Å². The first-order chi connectivity index (χ1) is 7.41. The van der Waals surface area contributed by atoms with Crippen LogP contribution in [0.2, 0.25) is 5.02 Å². The van der Waals surface area contributed by atoms with Crippen molar-refractivity contribution >= 4 is 29.3 Å². The van der Waals surface area contributed by atoms with E-state index < -0.39 is 6.03 Å². The van der Waals surface area contributed by atoms with Gasteiger partial charge in [0.15, 0.2) is 5.96 Å². The zero-order valence-electron chi connectivity index (χ0n) is 9.07. The van der Waals surface area contributed by atoms with E-state index >= 15 is 0 Å². The number of rotatable bonds is 1. The highest BCUT2D eigenvalue weighted by atomic mass is 35.5. The summed E-state index contributed by atoms with van der Waals surface area (Å²) in [5, 5.41) is 0.615. The SMILES string of the molecule is Cc1cc(Cl)ccc1N(C)C(=O)N=C(N)N. The number of hydrogen-bond donors (Lipinski definition) is 2. The van der Waals surface area contributed by atoms with Crippen molar-refractivity contribution in [3.8, 4) is 0 Å². The quantitative estimate of drug-likeness (QED) is 0.576. The van der Waals surface area contributed by atoms with Crippen LogP contribution in [-0.4, -0.2) is 19.0 Å². The van der Waals surface area contributed by atoms with Crippen LogP contribution in [0.4, 0.5) is 10.5 Å². The van der Waals surface area contributed by atoms with E-state index in [1.807, 2.05) is 6.92 Å².